The number of alkyl halides is 6. The van der Waals surface area contributed by atoms with Crippen LogP contribution in [0.3, 0.4) is 0 Å². The van der Waals surface area contributed by atoms with Gasteiger partial charge >= 0.3 is 0 Å². The third-order valence-corrected chi connectivity index (χ3v) is 3.71. The molecule has 0 fully saturated rings. The summed E-state index contributed by atoms with van der Waals surface area (Å²) in [5, 5.41) is 19.9. The third kappa shape index (κ3) is 3.86. The smallest absolute Gasteiger partial charge is 0.192 e. The van der Waals surface area contributed by atoms with Gasteiger partial charge < -0.3 is 0 Å². The third-order valence-electron chi connectivity index (χ3n) is 2.60. The fraction of sp³-hybridized carbons (Fsp3) is 0.167. The number of hydrogen-bond donors (Lipinski definition) is 0. The van der Waals surface area contributed by atoms with Crippen molar-refractivity contribution in [3.05, 3.63) is 41.1 Å². The maximum Gasteiger partial charge on any atom is 0.234 e. The maximum absolute atomic E-state index is 8.83. The lowest BCUT2D eigenvalue weighted by Crippen LogP contribution is -2.18. The number of aromatic nitrogens is 3. The highest BCUT2D eigenvalue weighted by molar-refractivity contribution is 6.69. The summed E-state index contributed by atoms with van der Waals surface area (Å²) in [6, 6.07) is 8.38. The van der Waals surface area contributed by atoms with Crippen molar-refractivity contribution in [1.29, 1.82) is 5.26 Å². The first-order valence-electron chi connectivity index (χ1n) is 5.53. The van der Waals surface area contributed by atoms with Gasteiger partial charge in [0.1, 0.15) is 11.4 Å². The summed E-state index contributed by atoms with van der Waals surface area (Å²) in [6.45, 7) is 0. The highest BCUT2D eigenvalue weighted by Crippen LogP contribution is 2.49. The fourth-order valence-electron chi connectivity index (χ4n) is 1.70. The van der Waals surface area contributed by atoms with Crippen molar-refractivity contribution in [3.63, 3.8) is 0 Å². The Morgan fingerprint density at radius 2 is 1.45 bits per heavy atom. The quantitative estimate of drug-likeness (QED) is 0.609. The normalized spacial score (nSPS) is 12.0. The Balaban J connectivity index is 2.73. The van der Waals surface area contributed by atoms with Crippen LogP contribution in [0.4, 0.5) is 0 Å². The predicted octanol–water partition coefficient (Wildman–Crippen LogP) is 5.06. The van der Waals surface area contributed by atoms with Gasteiger partial charge in [0.25, 0.3) is 0 Å². The lowest BCUT2D eigenvalue weighted by Gasteiger charge is -2.21. The van der Waals surface area contributed by atoms with Crippen molar-refractivity contribution in [2.75, 3.05) is 0 Å². The molecule has 0 bridgehead atoms. The molecule has 4 nitrogen and oxygen atoms in total. The second-order valence-electron chi connectivity index (χ2n) is 4.05. The Kier molecular flexibility index (Phi) is 5.28. The van der Waals surface area contributed by atoms with E-state index in [2.05, 4.69) is 15.4 Å². The van der Waals surface area contributed by atoms with E-state index in [1.165, 1.54) is 0 Å². The molecule has 0 atom stereocenters. The minimum absolute atomic E-state index is 0.0113. The van der Waals surface area contributed by atoms with E-state index in [0.717, 1.165) is 0 Å². The Morgan fingerprint density at radius 1 is 0.864 bits per heavy atom. The molecule has 0 saturated carbocycles. The minimum atomic E-state index is -1.95. The van der Waals surface area contributed by atoms with E-state index in [4.69, 9.17) is 74.9 Å². The predicted molar refractivity (Wildman–Crippen MR) is 88.5 cm³/mol. The second-order valence-corrected chi connectivity index (χ2v) is 8.61. The summed E-state index contributed by atoms with van der Waals surface area (Å²) in [7, 11) is 0. The molecule has 0 unspecified atom stereocenters. The zero-order valence-electron chi connectivity index (χ0n) is 10.4. The zero-order valence-corrected chi connectivity index (χ0v) is 14.9. The maximum atomic E-state index is 8.83. The van der Waals surface area contributed by atoms with Crippen molar-refractivity contribution in [3.8, 4) is 17.3 Å². The van der Waals surface area contributed by atoms with Crippen molar-refractivity contribution >= 4 is 69.6 Å². The summed E-state index contributed by atoms with van der Waals surface area (Å²) >= 11 is 35.5. The molecule has 10 heteroatoms. The second kappa shape index (κ2) is 6.52. The molecule has 22 heavy (non-hydrogen) atoms. The van der Waals surface area contributed by atoms with E-state index < -0.39 is 7.59 Å². The van der Waals surface area contributed by atoms with Crippen LogP contribution < -0.4 is 0 Å². The standard InChI is InChI=1S/C12H4Cl6N4/c13-11(14,15)8-9(7-3-1-6(5-19)2-4-7)20-22-21-10(8)12(16,17)18/h1-4H. The van der Waals surface area contributed by atoms with Crippen LogP contribution in [0.5, 0.6) is 0 Å². The largest absolute Gasteiger partial charge is 0.234 e. The SMILES string of the molecule is N#Cc1ccc(-c2nnnc(C(Cl)(Cl)Cl)c2C(Cl)(Cl)Cl)cc1. The van der Waals surface area contributed by atoms with Crippen LogP contribution in [0.1, 0.15) is 16.8 Å². The molecule has 1 heterocycles. The summed E-state index contributed by atoms with van der Waals surface area (Å²) in [4.78, 5) is 0. The van der Waals surface area contributed by atoms with Gasteiger partial charge in [0.2, 0.25) is 7.59 Å². The van der Waals surface area contributed by atoms with E-state index in [1.54, 1.807) is 24.3 Å². The molecule has 0 saturated heterocycles. The first-order chi connectivity index (χ1) is 10.1. The van der Waals surface area contributed by atoms with Gasteiger partial charge in [0, 0.05) is 5.56 Å². The zero-order chi connectivity index (χ0) is 16.5. The van der Waals surface area contributed by atoms with Crippen LogP contribution >= 0.6 is 69.6 Å². The molecule has 1 aromatic carbocycles. The van der Waals surface area contributed by atoms with Crippen molar-refractivity contribution < 1.29 is 0 Å². The van der Waals surface area contributed by atoms with Gasteiger partial charge in [0.05, 0.1) is 17.2 Å². The lowest BCUT2D eigenvalue weighted by atomic mass is 10.0. The molecule has 0 aliphatic heterocycles. The van der Waals surface area contributed by atoms with Gasteiger partial charge in [-0.3, -0.25) is 0 Å². The molecule has 0 radical (unpaired) electrons. The molecule has 2 rings (SSSR count). The van der Waals surface area contributed by atoms with E-state index in [0.29, 0.717) is 11.1 Å². The first-order valence-corrected chi connectivity index (χ1v) is 7.79. The highest BCUT2D eigenvalue weighted by Gasteiger charge is 2.40. The fourth-order valence-corrected chi connectivity index (χ4v) is 2.63. The van der Waals surface area contributed by atoms with Crippen molar-refractivity contribution in [2.45, 2.75) is 7.59 Å². The van der Waals surface area contributed by atoms with E-state index in [-0.39, 0.29) is 17.0 Å². The first kappa shape index (κ1) is 17.8. The topological polar surface area (TPSA) is 62.5 Å². The Labute approximate surface area is 155 Å². The number of hydrogen-bond acceptors (Lipinski definition) is 4. The van der Waals surface area contributed by atoms with Gasteiger partial charge in [-0.1, -0.05) is 81.7 Å². The highest BCUT2D eigenvalue weighted by atomic mass is 35.6. The van der Waals surface area contributed by atoms with Crippen LogP contribution in [0, 0.1) is 11.3 Å². The van der Waals surface area contributed by atoms with Crippen LogP contribution in [0.25, 0.3) is 11.3 Å². The molecule has 0 amide bonds. The van der Waals surface area contributed by atoms with Crippen molar-refractivity contribution in [1.82, 2.24) is 15.4 Å². The number of halogens is 6. The monoisotopic (exact) mass is 414 g/mol. The van der Waals surface area contributed by atoms with Crippen LogP contribution in [0.2, 0.25) is 0 Å². The molecule has 114 valence electrons. The molecule has 1 aromatic heterocycles. The lowest BCUT2D eigenvalue weighted by molar-refractivity contribution is 0.800. The molecule has 0 aliphatic carbocycles. The summed E-state index contributed by atoms with van der Waals surface area (Å²) in [6.07, 6.45) is 0. The van der Waals surface area contributed by atoms with Crippen molar-refractivity contribution in [2.24, 2.45) is 0 Å². The van der Waals surface area contributed by atoms with Gasteiger partial charge in [-0.25, -0.2) is 0 Å². The number of rotatable bonds is 1. The Bertz CT molecular complexity index is 727. The van der Waals surface area contributed by atoms with Crippen LogP contribution in [0.15, 0.2) is 24.3 Å². The van der Waals surface area contributed by atoms with E-state index >= 15 is 0 Å². The molecule has 0 N–H and O–H groups in total. The average Bonchev–Trinajstić information content (AvgIpc) is 2.45. The minimum Gasteiger partial charge on any atom is -0.192 e. The number of benzene rings is 1. The molecular formula is C12H4Cl6N4. The van der Waals surface area contributed by atoms with Crippen LogP contribution in [-0.4, -0.2) is 15.4 Å². The summed E-state index contributed by atoms with van der Waals surface area (Å²) < 4.78 is -3.89. The van der Waals surface area contributed by atoms with E-state index in [1.807, 2.05) is 6.07 Å². The van der Waals surface area contributed by atoms with Crippen LogP contribution in [-0.2, 0) is 7.59 Å². The average molecular weight is 417 g/mol. The van der Waals surface area contributed by atoms with E-state index in [9.17, 15) is 0 Å². The number of nitriles is 1. The van der Waals surface area contributed by atoms with Gasteiger partial charge in [-0.2, -0.15) is 5.26 Å². The van der Waals surface area contributed by atoms with Gasteiger partial charge in [-0.05, 0) is 17.3 Å². The molecular weight excluding hydrogens is 413 g/mol. The van der Waals surface area contributed by atoms with Gasteiger partial charge in [0.15, 0.2) is 0 Å². The molecule has 0 aliphatic rings. The van der Waals surface area contributed by atoms with Gasteiger partial charge in [-0.15, -0.1) is 10.2 Å². The molecule has 2 aromatic rings. The summed E-state index contributed by atoms with van der Waals surface area (Å²) in [5.41, 5.74) is 1.07. The summed E-state index contributed by atoms with van der Waals surface area (Å²) in [5.74, 6) is 0. The Morgan fingerprint density at radius 3 is 1.91 bits per heavy atom. The Hall–Kier alpha value is -0.540. The number of nitrogens with zero attached hydrogens (tertiary/aromatic N) is 4. The molecule has 0 spiro atoms.